The monoisotopic (exact) mass is 389 g/mol. The summed E-state index contributed by atoms with van der Waals surface area (Å²) in [5.41, 5.74) is 0.698. The van der Waals surface area contributed by atoms with Crippen molar-refractivity contribution in [2.24, 2.45) is 5.92 Å². The summed E-state index contributed by atoms with van der Waals surface area (Å²) in [4.78, 5) is 14.2. The van der Waals surface area contributed by atoms with Crippen molar-refractivity contribution >= 4 is 37.8 Å². The molecular weight excluding hydrogens is 374 g/mol. The Hall–Kier alpha value is -0.390. The van der Waals surface area contributed by atoms with Crippen molar-refractivity contribution in [2.45, 2.75) is 12.8 Å². The molecule has 1 aliphatic heterocycles. The van der Waals surface area contributed by atoms with Gasteiger partial charge in [0, 0.05) is 35.8 Å². The number of amides is 1. The third kappa shape index (κ3) is 4.04. The summed E-state index contributed by atoms with van der Waals surface area (Å²) in [6, 6.07) is 5.66. The smallest absolute Gasteiger partial charge is 0.254 e. The second-order valence-electron chi connectivity index (χ2n) is 4.87. The lowest BCUT2D eigenvalue weighted by Gasteiger charge is -2.27. The number of hydrogen-bond donors (Lipinski definition) is 0. The Morgan fingerprint density at radius 2 is 2.05 bits per heavy atom. The van der Waals surface area contributed by atoms with Crippen LogP contribution >= 0.6 is 31.9 Å². The zero-order valence-electron chi connectivity index (χ0n) is 10.9. The largest absolute Gasteiger partial charge is 0.381 e. The van der Waals surface area contributed by atoms with Crippen molar-refractivity contribution in [3.8, 4) is 0 Å². The summed E-state index contributed by atoms with van der Waals surface area (Å²) < 4.78 is 7.09. The van der Waals surface area contributed by atoms with Gasteiger partial charge in [-0.25, -0.2) is 0 Å². The van der Waals surface area contributed by atoms with Crippen LogP contribution < -0.4 is 0 Å². The van der Waals surface area contributed by atoms with Crippen LogP contribution in [0.25, 0.3) is 0 Å². The number of carbonyl (C=O) groups is 1. The van der Waals surface area contributed by atoms with Gasteiger partial charge >= 0.3 is 0 Å². The number of hydrogen-bond acceptors (Lipinski definition) is 2. The van der Waals surface area contributed by atoms with E-state index in [1.807, 2.05) is 30.1 Å². The van der Waals surface area contributed by atoms with Gasteiger partial charge < -0.3 is 9.64 Å². The van der Waals surface area contributed by atoms with E-state index in [-0.39, 0.29) is 5.91 Å². The van der Waals surface area contributed by atoms with E-state index in [0.717, 1.165) is 41.5 Å². The SMILES string of the molecule is CN(CC1CCOCC1)C(=O)c1cc(Br)ccc1Br. The van der Waals surface area contributed by atoms with Crippen LogP contribution in [0.5, 0.6) is 0 Å². The van der Waals surface area contributed by atoms with E-state index in [0.29, 0.717) is 11.5 Å². The molecule has 0 saturated carbocycles. The molecule has 19 heavy (non-hydrogen) atoms. The lowest BCUT2D eigenvalue weighted by atomic mass is 9.99. The molecule has 1 saturated heterocycles. The second kappa shape index (κ2) is 6.86. The zero-order chi connectivity index (χ0) is 13.8. The molecule has 1 aliphatic rings. The number of halogens is 2. The van der Waals surface area contributed by atoms with Crippen molar-refractivity contribution in [1.82, 2.24) is 4.90 Å². The third-order valence-corrected chi connectivity index (χ3v) is 4.56. The maximum Gasteiger partial charge on any atom is 0.254 e. The van der Waals surface area contributed by atoms with E-state index in [4.69, 9.17) is 4.74 Å². The summed E-state index contributed by atoms with van der Waals surface area (Å²) >= 11 is 6.84. The quantitative estimate of drug-likeness (QED) is 0.787. The molecule has 0 radical (unpaired) electrons. The summed E-state index contributed by atoms with van der Waals surface area (Å²) in [5.74, 6) is 0.605. The van der Waals surface area contributed by atoms with Gasteiger partial charge in [0.2, 0.25) is 0 Å². The van der Waals surface area contributed by atoms with Crippen LogP contribution in [-0.2, 0) is 4.74 Å². The fraction of sp³-hybridized carbons (Fsp3) is 0.500. The molecule has 1 aromatic rings. The van der Waals surface area contributed by atoms with Gasteiger partial charge in [0.25, 0.3) is 5.91 Å². The first-order valence-corrected chi connectivity index (χ1v) is 7.95. The van der Waals surface area contributed by atoms with Gasteiger partial charge in [-0.15, -0.1) is 0 Å². The van der Waals surface area contributed by atoms with E-state index in [2.05, 4.69) is 31.9 Å². The first-order chi connectivity index (χ1) is 9.08. The van der Waals surface area contributed by atoms with Gasteiger partial charge in [0.15, 0.2) is 0 Å². The average Bonchev–Trinajstić information content (AvgIpc) is 2.42. The predicted molar refractivity (Wildman–Crippen MR) is 82.3 cm³/mol. The van der Waals surface area contributed by atoms with Crippen LogP contribution in [0.1, 0.15) is 23.2 Å². The summed E-state index contributed by atoms with van der Waals surface area (Å²) in [6.45, 7) is 2.42. The Labute approximate surface area is 130 Å². The maximum atomic E-state index is 12.4. The molecule has 1 amide bonds. The van der Waals surface area contributed by atoms with E-state index < -0.39 is 0 Å². The van der Waals surface area contributed by atoms with Gasteiger partial charge in [-0.05, 0) is 52.9 Å². The highest BCUT2D eigenvalue weighted by Gasteiger charge is 2.20. The number of nitrogens with zero attached hydrogens (tertiary/aromatic N) is 1. The molecular formula is C14H17Br2NO2. The summed E-state index contributed by atoms with van der Waals surface area (Å²) in [7, 11) is 1.87. The molecule has 1 fully saturated rings. The zero-order valence-corrected chi connectivity index (χ0v) is 14.0. The highest BCUT2D eigenvalue weighted by molar-refractivity contribution is 9.11. The second-order valence-corrected chi connectivity index (χ2v) is 6.64. The number of benzene rings is 1. The minimum absolute atomic E-state index is 0.0552. The van der Waals surface area contributed by atoms with E-state index in [9.17, 15) is 4.79 Å². The molecule has 0 atom stereocenters. The van der Waals surface area contributed by atoms with E-state index in [1.165, 1.54) is 0 Å². The number of ether oxygens (including phenoxy) is 1. The average molecular weight is 391 g/mol. The molecule has 3 nitrogen and oxygen atoms in total. The third-order valence-electron chi connectivity index (χ3n) is 3.38. The van der Waals surface area contributed by atoms with Crippen LogP contribution in [-0.4, -0.2) is 37.6 Å². The summed E-state index contributed by atoms with van der Waals surface area (Å²) in [5, 5.41) is 0. The van der Waals surface area contributed by atoms with E-state index in [1.54, 1.807) is 0 Å². The van der Waals surface area contributed by atoms with Gasteiger partial charge in [-0.1, -0.05) is 15.9 Å². The minimum atomic E-state index is 0.0552. The Morgan fingerprint density at radius 1 is 1.37 bits per heavy atom. The highest BCUT2D eigenvalue weighted by atomic mass is 79.9. The Morgan fingerprint density at radius 3 is 2.74 bits per heavy atom. The topological polar surface area (TPSA) is 29.5 Å². The number of rotatable bonds is 3. The standard InChI is InChI=1S/C14H17Br2NO2/c1-17(9-10-4-6-19-7-5-10)14(18)12-8-11(15)2-3-13(12)16/h2-3,8,10H,4-7,9H2,1H3. The normalized spacial score (nSPS) is 16.4. The first kappa shape index (κ1) is 15.0. The van der Waals surface area contributed by atoms with Gasteiger partial charge in [0.1, 0.15) is 0 Å². The van der Waals surface area contributed by atoms with Crippen LogP contribution in [0.2, 0.25) is 0 Å². The molecule has 0 bridgehead atoms. The van der Waals surface area contributed by atoms with Crippen molar-refractivity contribution in [2.75, 3.05) is 26.8 Å². The van der Waals surface area contributed by atoms with Crippen LogP contribution in [0.15, 0.2) is 27.1 Å². The Kier molecular flexibility index (Phi) is 5.42. The number of carbonyl (C=O) groups excluding carboxylic acids is 1. The Bertz CT molecular complexity index is 459. The fourth-order valence-electron chi connectivity index (χ4n) is 2.27. The molecule has 0 aliphatic carbocycles. The van der Waals surface area contributed by atoms with Crippen molar-refractivity contribution in [3.63, 3.8) is 0 Å². The summed E-state index contributed by atoms with van der Waals surface area (Å²) in [6.07, 6.45) is 2.08. The fourth-order valence-corrected chi connectivity index (χ4v) is 3.04. The molecule has 104 valence electrons. The maximum absolute atomic E-state index is 12.4. The molecule has 1 heterocycles. The molecule has 0 unspecified atom stereocenters. The lowest BCUT2D eigenvalue weighted by Crippen LogP contribution is -2.34. The van der Waals surface area contributed by atoms with Crippen molar-refractivity contribution < 1.29 is 9.53 Å². The van der Waals surface area contributed by atoms with Crippen LogP contribution in [0.4, 0.5) is 0 Å². The molecule has 0 aromatic heterocycles. The van der Waals surface area contributed by atoms with Gasteiger partial charge in [0.05, 0.1) is 5.56 Å². The van der Waals surface area contributed by atoms with Gasteiger partial charge in [-0.3, -0.25) is 4.79 Å². The van der Waals surface area contributed by atoms with Crippen molar-refractivity contribution in [1.29, 1.82) is 0 Å². The molecule has 1 aromatic carbocycles. The molecule has 2 rings (SSSR count). The Balaban J connectivity index is 2.03. The van der Waals surface area contributed by atoms with Crippen LogP contribution in [0, 0.1) is 5.92 Å². The van der Waals surface area contributed by atoms with E-state index >= 15 is 0 Å². The van der Waals surface area contributed by atoms with Gasteiger partial charge in [-0.2, -0.15) is 0 Å². The highest BCUT2D eigenvalue weighted by Crippen LogP contribution is 2.24. The molecule has 0 spiro atoms. The first-order valence-electron chi connectivity index (χ1n) is 6.36. The van der Waals surface area contributed by atoms with Crippen molar-refractivity contribution in [3.05, 3.63) is 32.7 Å². The van der Waals surface area contributed by atoms with Crippen LogP contribution in [0.3, 0.4) is 0 Å². The molecule has 5 heteroatoms. The lowest BCUT2D eigenvalue weighted by molar-refractivity contribution is 0.0497. The minimum Gasteiger partial charge on any atom is -0.381 e. The molecule has 0 N–H and O–H groups in total. The predicted octanol–water partition coefficient (Wildman–Crippen LogP) is 3.71.